The van der Waals surface area contributed by atoms with E-state index in [4.69, 9.17) is 20.1 Å². The highest BCUT2D eigenvalue weighted by Crippen LogP contribution is 2.36. The molecule has 59 heavy (non-hydrogen) atoms. The minimum Gasteiger partial charge on any atom is -0.480 e. The number of fused-ring (bicyclic) bond motifs is 2. The predicted molar refractivity (Wildman–Crippen MR) is 232 cm³/mol. The van der Waals surface area contributed by atoms with Crippen LogP contribution in [0.25, 0.3) is 33.8 Å². The number of carboxylic acids is 1. The van der Waals surface area contributed by atoms with Crippen LogP contribution in [0.1, 0.15) is 38.1 Å². The van der Waals surface area contributed by atoms with Gasteiger partial charge in [-0.15, -0.1) is 27.8 Å². The highest BCUT2D eigenvalue weighted by molar-refractivity contribution is 9.10. The van der Waals surface area contributed by atoms with Crippen molar-refractivity contribution in [2.24, 2.45) is 0 Å². The van der Waals surface area contributed by atoms with E-state index in [-0.39, 0.29) is 11.6 Å². The molecule has 1 aliphatic heterocycles. The molecule has 0 aliphatic carbocycles. The van der Waals surface area contributed by atoms with Crippen molar-refractivity contribution in [3.8, 4) is 22.5 Å². The van der Waals surface area contributed by atoms with Crippen molar-refractivity contribution in [1.82, 2.24) is 39.2 Å². The lowest BCUT2D eigenvalue weighted by molar-refractivity contribution is -0.138. The number of aromatic nitrogens is 8. The molecule has 7 heterocycles. The Morgan fingerprint density at radius 1 is 0.746 bits per heavy atom. The number of nitrogens with zero attached hydrogens (tertiary/aromatic N) is 11. The second-order valence-corrected chi connectivity index (χ2v) is 16.2. The number of aliphatic carboxylic acids is 1. The van der Waals surface area contributed by atoms with Gasteiger partial charge in [-0.25, -0.2) is 33.5 Å². The van der Waals surface area contributed by atoms with Crippen LogP contribution < -0.4 is 14.7 Å². The summed E-state index contributed by atoms with van der Waals surface area (Å²) in [5.74, 6) is 0.936. The van der Waals surface area contributed by atoms with Gasteiger partial charge in [-0.1, -0.05) is 13.8 Å². The Hall–Kier alpha value is -5.85. The fourth-order valence-electron chi connectivity index (χ4n) is 7.02. The highest BCUT2D eigenvalue weighted by atomic mass is 79.9. The number of carboxylic acid groups (broad SMARTS) is 1. The number of rotatable bonds is 10. The Morgan fingerprint density at radius 2 is 1.24 bits per heavy atom. The molecule has 8 aromatic rings. The molecule has 0 spiro atoms. The average Bonchev–Trinajstić information content (AvgIpc) is 4.09. The Kier molecular flexibility index (Phi) is 11.4. The molecule has 1 fully saturated rings. The number of carbonyl (C=O) groups is 1. The molecule has 2 aromatic carbocycles. The lowest BCUT2D eigenvalue weighted by Gasteiger charge is -2.23. The number of halogens is 3. The Bertz CT molecular complexity index is 2770. The zero-order chi connectivity index (χ0) is 41.4. The molecule has 0 bridgehead atoms. The van der Waals surface area contributed by atoms with Gasteiger partial charge in [-0.3, -0.25) is 0 Å². The number of imidazole rings is 2. The molecule has 1 aliphatic rings. The van der Waals surface area contributed by atoms with Crippen LogP contribution >= 0.6 is 38.6 Å². The van der Waals surface area contributed by atoms with Crippen LogP contribution in [0.4, 0.5) is 36.5 Å². The van der Waals surface area contributed by atoms with Gasteiger partial charge in [-0.2, -0.15) is 14.1 Å². The number of hydrogen-bond acceptors (Lipinski definition) is 12. The van der Waals surface area contributed by atoms with Crippen LogP contribution in [0.2, 0.25) is 0 Å². The Balaban J connectivity index is 0.000000169. The van der Waals surface area contributed by atoms with Crippen molar-refractivity contribution in [1.29, 1.82) is 0 Å². The van der Waals surface area contributed by atoms with Crippen molar-refractivity contribution in [2.75, 3.05) is 35.3 Å². The molecule has 0 amide bonds. The summed E-state index contributed by atoms with van der Waals surface area (Å²) in [6, 6.07) is 19.6. The standard InChI is InChI=1S/C23H23FN6O2S.C18H15BrFN5S/c1-3-16-21(28(2)23-26-17(13-33-23)14-6-8-15(24)9-7-14)30-19(25-16)10-11-20(27-30)29-12-4-5-18(29)22(31)32;1-3-13-17(25-16(21-13)9-8-15(19)23-25)24(2)18-22-14(10-26-18)11-4-6-12(20)7-5-11/h6-11,13,18H,3-5,12H2,1-2H3,(H,31,32);4-10H,3H2,1-2H3/t18-;/m0./s1. The van der Waals surface area contributed by atoms with Gasteiger partial charge < -0.3 is 19.8 Å². The number of aryl methyl sites for hydroxylation is 2. The molecule has 18 heteroatoms. The summed E-state index contributed by atoms with van der Waals surface area (Å²) in [5, 5.41) is 24.4. The zero-order valence-corrected chi connectivity index (χ0v) is 35.6. The Labute approximate surface area is 354 Å². The minimum atomic E-state index is -0.831. The smallest absolute Gasteiger partial charge is 0.326 e. The van der Waals surface area contributed by atoms with Crippen molar-refractivity contribution in [3.05, 3.63) is 111 Å². The average molecular weight is 899 g/mol. The number of thiazole rings is 2. The van der Waals surface area contributed by atoms with Crippen LogP contribution in [0.15, 0.2) is 88.2 Å². The van der Waals surface area contributed by atoms with E-state index in [0.29, 0.717) is 30.9 Å². The van der Waals surface area contributed by atoms with Crippen LogP contribution in [-0.2, 0) is 17.6 Å². The van der Waals surface area contributed by atoms with Gasteiger partial charge in [0.2, 0.25) is 0 Å². The summed E-state index contributed by atoms with van der Waals surface area (Å²) in [6.07, 6.45) is 2.92. The molecule has 9 rings (SSSR count). The first-order valence-electron chi connectivity index (χ1n) is 18.9. The summed E-state index contributed by atoms with van der Waals surface area (Å²) in [7, 11) is 3.87. The summed E-state index contributed by atoms with van der Waals surface area (Å²) >= 11 is 6.43. The maximum atomic E-state index is 13.3. The summed E-state index contributed by atoms with van der Waals surface area (Å²) in [5.41, 5.74) is 6.63. The van der Waals surface area contributed by atoms with Crippen molar-refractivity contribution >= 4 is 83.6 Å². The second kappa shape index (κ2) is 16.8. The lowest BCUT2D eigenvalue weighted by Crippen LogP contribution is -2.36. The van der Waals surface area contributed by atoms with Gasteiger partial charge in [0.25, 0.3) is 0 Å². The molecule has 1 atom stereocenters. The van der Waals surface area contributed by atoms with E-state index >= 15 is 0 Å². The van der Waals surface area contributed by atoms with E-state index in [2.05, 4.69) is 32.9 Å². The van der Waals surface area contributed by atoms with Gasteiger partial charge in [-0.05, 0) is 114 Å². The molecular formula is C41H38BrF2N11O2S2. The van der Waals surface area contributed by atoms with Crippen LogP contribution in [0.3, 0.4) is 0 Å². The second-order valence-electron chi connectivity index (χ2n) is 13.7. The summed E-state index contributed by atoms with van der Waals surface area (Å²) < 4.78 is 30.8. The van der Waals surface area contributed by atoms with Crippen LogP contribution in [0.5, 0.6) is 0 Å². The monoisotopic (exact) mass is 897 g/mol. The Morgan fingerprint density at radius 3 is 1.73 bits per heavy atom. The molecule has 13 nitrogen and oxygen atoms in total. The normalized spacial score (nSPS) is 13.9. The van der Waals surface area contributed by atoms with E-state index in [1.165, 1.54) is 46.9 Å². The molecule has 1 N–H and O–H groups in total. The van der Waals surface area contributed by atoms with E-state index in [9.17, 15) is 18.7 Å². The minimum absolute atomic E-state index is 0.253. The third-order valence-electron chi connectivity index (χ3n) is 9.98. The summed E-state index contributed by atoms with van der Waals surface area (Å²) in [4.78, 5) is 36.3. The fourth-order valence-corrected chi connectivity index (χ4v) is 8.92. The zero-order valence-electron chi connectivity index (χ0n) is 32.4. The molecule has 0 unspecified atom stereocenters. The highest BCUT2D eigenvalue weighted by Gasteiger charge is 2.32. The first kappa shape index (κ1) is 40.0. The largest absolute Gasteiger partial charge is 0.480 e. The molecule has 0 saturated carbocycles. The first-order valence-corrected chi connectivity index (χ1v) is 21.4. The quantitative estimate of drug-likeness (QED) is 0.141. The van der Waals surface area contributed by atoms with Crippen molar-refractivity contribution in [3.63, 3.8) is 0 Å². The van der Waals surface area contributed by atoms with Gasteiger partial charge >= 0.3 is 5.97 Å². The van der Waals surface area contributed by atoms with Crippen LogP contribution in [0, 0.1) is 11.6 Å². The van der Waals surface area contributed by atoms with Gasteiger partial charge in [0, 0.05) is 42.5 Å². The summed E-state index contributed by atoms with van der Waals surface area (Å²) in [6.45, 7) is 4.76. The molecule has 6 aromatic heterocycles. The topological polar surface area (TPSA) is 133 Å². The fraction of sp³-hybridized carbons (Fsp3) is 0.244. The maximum absolute atomic E-state index is 13.3. The molecule has 302 valence electrons. The van der Waals surface area contributed by atoms with Gasteiger partial charge in [0.1, 0.15) is 28.1 Å². The predicted octanol–water partition coefficient (Wildman–Crippen LogP) is 9.46. The van der Waals surface area contributed by atoms with Crippen molar-refractivity contribution < 1.29 is 18.7 Å². The van der Waals surface area contributed by atoms with E-state index in [1.54, 1.807) is 28.8 Å². The number of benzene rings is 2. The number of hydrogen-bond donors (Lipinski definition) is 1. The van der Waals surface area contributed by atoms with Crippen LogP contribution in [-0.4, -0.2) is 76.9 Å². The molecule has 0 radical (unpaired) electrons. The van der Waals surface area contributed by atoms with Crippen molar-refractivity contribution in [2.45, 2.75) is 45.6 Å². The lowest BCUT2D eigenvalue weighted by atomic mass is 10.2. The third-order valence-corrected chi connectivity index (χ3v) is 12.2. The SMILES string of the molecule is CCc1nc2ccc(Br)nn2c1N(C)c1nc(-c2ccc(F)cc2)cs1.CCc1nc2ccc(N3CCC[C@H]3C(=O)O)nn2c1N(C)c1nc(-c2ccc(F)cc2)cs1. The third kappa shape index (κ3) is 7.99. The first-order chi connectivity index (χ1) is 28.5. The maximum Gasteiger partial charge on any atom is 0.326 e. The molecule has 1 saturated heterocycles. The van der Waals surface area contributed by atoms with E-state index in [0.717, 1.165) is 78.9 Å². The number of anilines is 5. The van der Waals surface area contributed by atoms with Gasteiger partial charge in [0.05, 0.1) is 22.8 Å². The molecular weight excluding hydrogens is 861 g/mol. The van der Waals surface area contributed by atoms with E-state index in [1.807, 2.05) is 75.3 Å². The van der Waals surface area contributed by atoms with E-state index < -0.39 is 12.0 Å². The van der Waals surface area contributed by atoms with Gasteiger partial charge in [0.15, 0.2) is 33.2 Å².